The van der Waals surface area contributed by atoms with Crippen molar-refractivity contribution in [3.63, 3.8) is 0 Å². The fourth-order valence-corrected chi connectivity index (χ4v) is 4.08. The summed E-state index contributed by atoms with van der Waals surface area (Å²) in [5.74, 6) is -0.302. The molecule has 2 N–H and O–H groups in total. The molecule has 1 unspecified atom stereocenters. The minimum atomic E-state index is -0.464. The number of morpholine rings is 1. The highest BCUT2D eigenvalue weighted by atomic mass is 32.1. The minimum absolute atomic E-state index is 0.156. The fraction of sp³-hybridized carbons (Fsp3) is 0.455. The summed E-state index contributed by atoms with van der Waals surface area (Å²) in [4.78, 5) is 30.2. The van der Waals surface area contributed by atoms with E-state index in [2.05, 4.69) is 39.5 Å². The number of amides is 3. The second-order valence-electron chi connectivity index (χ2n) is 7.46. The van der Waals surface area contributed by atoms with E-state index >= 15 is 0 Å². The van der Waals surface area contributed by atoms with Crippen LogP contribution in [0.2, 0.25) is 0 Å². The normalized spacial score (nSPS) is 15.7. The zero-order chi connectivity index (χ0) is 21.2. The molecule has 2 heterocycles. The molecule has 8 heteroatoms. The summed E-state index contributed by atoms with van der Waals surface area (Å²) >= 11 is 1.57. The maximum atomic E-state index is 12.6. The van der Waals surface area contributed by atoms with Crippen LogP contribution < -0.4 is 10.6 Å². The lowest BCUT2D eigenvalue weighted by atomic mass is 10.1. The average Bonchev–Trinajstić information content (AvgIpc) is 3.27. The summed E-state index contributed by atoms with van der Waals surface area (Å²) in [6.07, 6.45) is 0. The minimum Gasteiger partial charge on any atom is -0.379 e. The van der Waals surface area contributed by atoms with Crippen molar-refractivity contribution in [1.29, 1.82) is 0 Å². The van der Waals surface area contributed by atoms with E-state index < -0.39 is 6.03 Å². The van der Waals surface area contributed by atoms with Crippen LogP contribution in [-0.2, 0) is 22.6 Å². The number of thiophene rings is 1. The van der Waals surface area contributed by atoms with Crippen LogP contribution in [0.15, 0.2) is 47.8 Å². The highest BCUT2D eigenvalue weighted by Crippen LogP contribution is 2.11. The maximum absolute atomic E-state index is 12.6. The van der Waals surface area contributed by atoms with Crippen LogP contribution in [0.3, 0.4) is 0 Å². The van der Waals surface area contributed by atoms with Gasteiger partial charge in [0.25, 0.3) is 0 Å². The van der Waals surface area contributed by atoms with Gasteiger partial charge >= 0.3 is 6.03 Å². The van der Waals surface area contributed by atoms with E-state index in [0.717, 1.165) is 43.3 Å². The Balaban J connectivity index is 1.54. The predicted octanol–water partition coefficient (Wildman–Crippen LogP) is 2.30. The van der Waals surface area contributed by atoms with E-state index in [9.17, 15) is 9.59 Å². The Bertz CT molecular complexity index is 779. The Hall–Kier alpha value is -2.26. The molecule has 1 atom stereocenters. The molecule has 2 aromatic rings. The molecule has 30 heavy (non-hydrogen) atoms. The highest BCUT2D eigenvalue weighted by Gasteiger charge is 2.22. The van der Waals surface area contributed by atoms with Crippen LogP contribution in [0.1, 0.15) is 17.4 Å². The first-order chi connectivity index (χ1) is 14.6. The maximum Gasteiger partial charge on any atom is 0.321 e. The Morgan fingerprint density at radius 3 is 2.63 bits per heavy atom. The second kappa shape index (κ2) is 11.8. The number of nitrogens with zero attached hydrogens (tertiary/aromatic N) is 2. The Morgan fingerprint density at radius 2 is 1.93 bits per heavy atom. The number of rotatable bonds is 9. The molecule has 0 aliphatic carbocycles. The van der Waals surface area contributed by atoms with Crippen molar-refractivity contribution < 1.29 is 14.3 Å². The van der Waals surface area contributed by atoms with Crippen molar-refractivity contribution in [2.24, 2.45) is 0 Å². The first-order valence-corrected chi connectivity index (χ1v) is 11.2. The molecule has 1 aromatic carbocycles. The van der Waals surface area contributed by atoms with Gasteiger partial charge in [-0.15, -0.1) is 11.3 Å². The zero-order valence-corrected chi connectivity index (χ0v) is 18.2. The van der Waals surface area contributed by atoms with Crippen molar-refractivity contribution in [3.05, 3.63) is 58.3 Å². The number of carbonyl (C=O) groups excluding carboxylic acids is 2. The molecule has 1 aliphatic heterocycles. The van der Waals surface area contributed by atoms with Gasteiger partial charge in [-0.25, -0.2) is 4.79 Å². The molecular formula is C22H30N4O3S. The van der Waals surface area contributed by atoms with E-state index in [-0.39, 0.29) is 18.5 Å². The number of imide groups is 1. The van der Waals surface area contributed by atoms with Gasteiger partial charge in [-0.2, -0.15) is 0 Å². The Kier molecular flexibility index (Phi) is 8.82. The quantitative estimate of drug-likeness (QED) is 0.639. The van der Waals surface area contributed by atoms with Gasteiger partial charge in [0.2, 0.25) is 5.91 Å². The molecule has 1 fully saturated rings. The number of carbonyl (C=O) groups is 2. The van der Waals surface area contributed by atoms with Crippen molar-refractivity contribution in [3.8, 4) is 0 Å². The second-order valence-corrected chi connectivity index (χ2v) is 8.50. The lowest BCUT2D eigenvalue weighted by Gasteiger charge is -2.34. The topological polar surface area (TPSA) is 73.9 Å². The molecule has 0 spiro atoms. The Morgan fingerprint density at radius 1 is 1.17 bits per heavy atom. The zero-order valence-electron chi connectivity index (χ0n) is 17.4. The van der Waals surface area contributed by atoms with Crippen molar-refractivity contribution in [2.45, 2.75) is 26.1 Å². The van der Waals surface area contributed by atoms with Gasteiger partial charge in [0.1, 0.15) is 0 Å². The molecule has 3 amide bonds. The smallest absolute Gasteiger partial charge is 0.321 e. The van der Waals surface area contributed by atoms with E-state index in [1.54, 1.807) is 11.3 Å². The van der Waals surface area contributed by atoms with Gasteiger partial charge in [0.15, 0.2) is 0 Å². The third-order valence-corrected chi connectivity index (χ3v) is 5.96. The molecule has 0 bridgehead atoms. The first kappa shape index (κ1) is 22.4. The number of hydrogen-bond acceptors (Lipinski definition) is 6. The summed E-state index contributed by atoms with van der Waals surface area (Å²) in [6.45, 7) is 7.51. The van der Waals surface area contributed by atoms with Crippen LogP contribution in [0.5, 0.6) is 0 Å². The van der Waals surface area contributed by atoms with Crippen molar-refractivity contribution in [2.75, 3.05) is 39.4 Å². The van der Waals surface area contributed by atoms with Crippen LogP contribution in [0, 0.1) is 0 Å². The molecule has 1 aliphatic rings. The molecule has 0 saturated carbocycles. The van der Waals surface area contributed by atoms with E-state index in [1.807, 2.05) is 35.7 Å². The van der Waals surface area contributed by atoms with Gasteiger partial charge in [0.05, 0.1) is 26.3 Å². The third-order valence-electron chi connectivity index (χ3n) is 5.08. The largest absolute Gasteiger partial charge is 0.379 e. The Labute approximate surface area is 182 Å². The van der Waals surface area contributed by atoms with Crippen LogP contribution in [0.4, 0.5) is 4.79 Å². The van der Waals surface area contributed by atoms with Crippen LogP contribution >= 0.6 is 11.3 Å². The standard InChI is InChI=1S/C22H30N4O3S/c1-18(15-25-9-11-29-12-10-25)26(16-19-6-3-2-4-7-19)17-21(27)24-22(28)23-14-20-8-5-13-30-20/h2-8,13,18H,9-12,14-17H2,1H3,(H2,23,24,27,28). The van der Waals surface area contributed by atoms with Gasteiger partial charge in [-0.1, -0.05) is 36.4 Å². The number of ether oxygens (including phenoxy) is 1. The summed E-state index contributed by atoms with van der Waals surface area (Å²) in [7, 11) is 0. The van der Waals surface area contributed by atoms with Gasteiger partial charge < -0.3 is 10.1 Å². The van der Waals surface area contributed by atoms with Gasteiger partial charge in [-0.05, 0) is 23.9 Å². The molecule has 1 aromatic heterocycles. The van der Waals surface area contributed by atoms with Gasteiger partial charge in [-0.3, -0.25) is 19.9 Å². The SMILES string of the molecule is CC(CN1CCOCC1)N(CC(=O)NC(=O)NCc1cccs1)Cc1ccccc1. The van der Waals surface area contributed by atoms with Crippen molar-refractivity contribution >= 4 is 23.3 Å². The average molecular weight is 431 g/mol. The third kappa shape index (κ3) is 7.53. The predicted molar refractivity (Wildman–Crippen MR) is 118 cm³/mol. The first-order valence-electron chi connectivity index (χ1n) is 10.3. The number of hydrogen-bond donors (Lipinski definition) is 2. The number of benzene rings is 1. The van der Waals surface area contributed by atoms with Crippen LogP contribution in [0.25, 0.3) is 0 Å². The van der Waals surface area contributed by atoms with E-state index in [1.165, 1.54) is 0 Å². The molecular weight excluding hydrogens is 400 g/mol. The number of urea groups is 1. The monoisotopic (exact) mass is 430 g/mol. The van der Waals surface area contributed by atoms with Crippen LogP contribution in [-0.4, -0.2) is 67.2 Å². The summed E-state index contributed by atoms with van der Waals surface area (Å²) in [6, 6.07) is 13.7. The van der Waals surface area contributed by atoms with Gasteiger partial charge in [0, 0.05) is 37.1 Å². The summed E-state index contributed by atoms with van der Waals surface area (Å²) < 4.78 is 5.43. The fourth-order valence-electron chi connectivity index (χ4n) is 3.43. The molecule has 3 rings (SSSR count). The molecule has 7 nitrogen and oxygen atoms in total. The molecule has 0 radical (unpaired) electrons. The molecule has 162 valence electrons. The summed E-state index contributed by atoms with van der Waals surface area (Å²) in [5, 5.41) is 7.15. The van der Waals surface area contributed by atoms with Crippen molar-refractivity contribution in [1.82, 2.24) is 20.4 Å². The molecule has 1 saturated heterocycles. The van der Waals surface area contributed by atoms with E-state index in [0.29, 0.717) is 13.1 Å². The summed E-state index contributed by atoms with van der Waals surface area (Å²) in [5.41, 5.74) is 1.14. The van der Waals surface area contributed by atoms with E-state index in [4.69, 9.17) is 4.74 Å². The highest BCUT2D eigenvalue weighted by molar-refractivity contribution is 7.09. The number of nitrogens with one attached hydrogen (secondary N) is 2. The lowest BCUT2D eigenvalue weighted by molar-refractivity contribution is -0.122. The lowest BCUT2D eigenvalue weighted by Crippen LogP contribution is -2.50.